The molecule has 0 aromatic carbocycles. The molecule has 1 aromatic heterocycles. The van der Waals surface area contributed by atoms with E-state index in [1.165, 1.54) is 0 Å². The van der Waals surface area contributed by atoms with Gasteiger partial charge in [0.1, 0.15) is 0 Å². The maximum absolute atomic E-state index is 8.62. The standard InChI is InChI=1S/C3H5N6.Mo.H2O.O/c4-1-7-2(5)9-3(6)8-1;;;/h(H5-,4,5,6,7,8,9);;1H2;/q-1;+1;;/p-1. The number of nitrogens with zero attached hydrogens (tertiary/aromatic N) is 3. The van der Waals surface area contributed by atoms with Gasteiger partial charge in [-0.05, 0) is 0 Å². The predicted molar refractivity (Wildman–Crippen MR) is 35.5 cm³/mol. The van der Waals surface area contributed by atoms with Gasteiger partial charge in [-0.1, -0.05) is 0 Å². The Morgan fingerprint density at radius 3 is 1.83 bits per heavy atom. The molecule has 1 aromatic rings. The first-order valence-corrected chi connectivity index (χ1v) is 4.24. The normalized spacial score (nSPS) is 8.08. The molecular formula is C3H6MoN6O2-. The van der Waals surface area contributed by atoms with Gasteiger partial charge in [0.15, 0.2) is 11.9 Å². The molecule has 0 fully saturated rings. The summed E-state index contributed by atoms with van der Waals surface area (Å²) in [6.45, 7) is 0. The molecule has 0 radical (unpaired) electrons. The summed E-state index contributed by atoms with van der Waals surface area (Å²) in [6, 6.07) is 0. The number of hydrogen-bond acceptors (Lipinski definition) is 6. The first kappa shape index (κ1) is 10.9. The van der Waals surface area contributed by atoms with Gasteiger partial charge >= 0.3 is 26.1 Å². The van der Waals surface area contributed by atoms with Crippen molar-refractivity contribution in [2.45, 2.75) is 0 Å². The van der Waals surface area contributed by atoms with Gasteiger partial charge in [-0.25, -0.2) is 4.98 Å². The fourth-order valence-corrected chi connectivity index (χ4v) is 0.409. The van der Waals surface area contributed by atoms with E-state index in [1.807, 2.05) is 0 Å². The van der Waals surface area contributed by atoms with E-state index >= 15 is 0 Å². The first-order chi connectivity index (χ1) is 5.60. The fourth-order valence-electron chi connectivity index (χ4n) is 0.409. The third-order valence-electron chi connectivity index (χ3n) is 0.670. The fraction of sp³-hybridized carbons (Fsp3) is 0. The molecule has 0 aliphatic carbocycles. The van der Waals surface area contributed by atoms with Crippen LogP contribution in [0.4, 0.5) is 17.8 Å². The van der Waals surface area contributed by atoms with Gasteiger partial charge in [-0.3, -0.25) is 0 Å². The number of nitrogens with one attached hydrogen (secondary N) is 1. The Morgan fingerprint density at radius 1 is 1.25 bits per heavy atom. The van der Waals surface area contributed by atoms with Crippen LogP contribution < -0.4 is 11.5 Å². The van der Waals surface area contributed by atoms with Gasteiger partial charge in [-0.15, -0.1) is 0 Å². The van der Waals surface area contributed by atoms with Gasteiger partial charge in [0, 0.05) is 5.95 Å². The molecule has 0 atom stereocenters. The molecule has 1 rings (SSSR count). The van der Waals surface area contributed by atoms with E-state index in [0.717, 1.165) is 0 Å². The third-order valence-corrected chi connectivity index (χ3v) is 0.670. The van der Waals surface area contributed by atoms with E-state index in [-0.39, 0.29) is 17.8 Å². The summed E-state index contributed by atoms with van der Waals surface area (Å²) in [6.07, 6.45) is 0. The summed E-state index contributed by atoms with van der Waals surface area (Å²) >= 11 is -1.78. The monoisotopic (exact) mass is 256 g/mol. The van der Waals surface area contributed by atoms with Gasteiger partial charge in [0.2, 0.25) is 0 Å². The van der Waals surface area contributed by atoms with E-state index < -0.39 is 18.9 Å². The number of anilines is 2. The summed E-state index contributed by atoms with van der Waals surface area (Å²) in [7, 11) is 0. The zero-order chi connectivity index (χ0) is 9.56. The van der Waals surface area contributed by atoms with E-state index in [2.05, 4.69) is 15.0 Å². The molecule has 67 valence electrons. The summed E-state index contributed by atoms with van der Waals surface area (Å²) in [5.74, 6) is -0.250. The number of nitrogen functional groups attached to an aromatic ring is 2. The Bertz CT molecular complexity index is 216. The van der Waals surface area contributed by atoms with Crippen molar-refractivity contribution in [3.8, 4) is 0 Å². The van der Waals surface area contributed by atoms with Gasteiger partial charge < -0.3 is 27.2 Å². The van der Waals surface area contributed by atoms with Crippen LogP contribution in [-0.2, 0) is 22.3 Å². The molecule has 0 saturated carbocycles. The second-order valence-corrected chi connectivity index (χ2v) is 1.82. The van der Waals surface area contributed by atoms with Crippen molar-refractivity contribution in [2.24, 2.45) is 0 Å². The number of nitrogens with two attached hydrogens (primary N) is 2. The predicted octanol–water partition coefficient (Wildman–Crippen LogP) is -0.959. The van der Waals surface area contributed by atoms with Crippen LogP contribution in [0.15, 0.2) is 0 Å². The molecule has 12 heavy (non-hydrogen) atoms. The van der Waals surface area contributed by atoms with Crippen molar-refractivity contribution >= 4 is 17.8 Å². The van der Waals surface area contributed by atoms with Crippen LogP contribution in [-0.4, -0.2) is 18.7 Å². The minimum atomic E-state index is -1.78. The number of aromatic nitrogens is 3. The summed E-state index contributed by atoms with van der Waals surface area (Å²) in [5.41, 5.74) is 17.0. The second kappa shape index (κ2) is 5.50. The van der Waals surface area contributed by atoms with E-state index in [4.69, 9.17) is 24.4 Å². The Balaban J connectivity index is 0.000000354. The van der Waals surface area contributed by atoms with Gasteiger partial charge in [-0.2, -0.15) is 0 Å². The second-order valence-electron chi connectivity index (χ2n) is 1.45. The van der Waals surface area contributed by atoms with Crippen molar-refractivity contribution in [1.29, 1.82) is 0 Å². The molecular weight excluding hydrogens is 248 g/mol. The van der Waals surface area contributed by atoms with Crippen molar-refractivity contribution in [1.82, 2.24) is 15.0 Å². The van der Waals surface area contributed by atoms with Crippen LogP contribution in [0.25, 0.3) is 5.73 Å². The summed E-state index contributed by atoms with van der Waals surface area (Å²) in [5, 5.41) is 0. The SMILES string of the molecule is [NH-]c1nc(N)nc(N)n1.[O]=[Mo][OH]. The maximum atomic E-state index is 8.62. The minimum absolute atomic E-state index is 0.0208. The molecule has 0 aliphatic heterocycles. The molecule has 0 unspecified atom stereocenters. The zero-order valence-corrected chi connectivity index (χ0v) is 7.77. The first-order valence-electron chi connectivity index (χ1n) is 2.52. The van der Waals surface area contributed by atoms with Crippen LogP contribution in [0.1, 0.15) is 0 Å². The molecule has 6 N–H and O–H groups in total. The van der Waals surface area contributed by atoms with Crippen molar-refractivity contribution in [3.63, 3.8) is 0 Å². The Morgan fingerprint density at radius 2 is 1.58 bits per heavy atom. The molecule has 1 heterocycles. The van der Waals surface area contributed by atoms with Crippen molar-refractivity contribution < 1.29 is 26.1 Å². The van der Waals surface area contributed by atoms with Crippen molar-refractivity contribution in [2.75, 3.05) is 11.5 Å². The summed E-state index contributed by atoms with van der Waals surface area (Å²) in [4.78, 5) is 10.2. The molecule has 0 spiro atoms. The van der Waals surface area contributed by atoms with Crippen LogP contribution in [0.3, 0.4) is 0 Å². The van der Waals surface area contributed by atoms with E-state index in [0.29, 0.717) is 0 Å². The van der Waals surface area contributed by atoms with Gasteiger partial charge in [0.05, 0.1) is 0 Å². The Hall–Kier alpha value is -1.14. The Kier molecular flexibility index (Phi) is 4.98. The van der Waals surface area contributed by atoms with Crippen LogP contribution >= 0.6 is 0 Å². The van der Waals surface area contributed by atoms with Crippen molar-refractivity contribution in [3.05, 3.63) is 5.73 Å². The molecule has 8 nitrogen and oxygen atoms in total. The van der Waals surface area contributed by atoms with E-state index in [9.17, 15) is 0 Å². The van der Waals surface area contributed by atoms with E-state index in [1.54, 1.807) is 0 Å². The topological polar surface area (TPSA) is 152 Å². The molecule has 9 heteroatoms. The quantitative estimate of drug-likeness (QED) is 0.504. The van der Waals surface area contributed by atoms with Crippen LogP contribution in [0, 0.1) is 0 Å². The molecule has 0 amide bonds. The summed E-state index contributed by atoms with van der Waals surface area (Å²) < 4.78 is 15.8. The average molecular weight is 254 g/mol. The third kappa shape index (κ3) is 4.64. The molecule has 0 aliphatic rings. The van der Waals surface area contributed by atoms with Gasteiger partial charge in [0.25, 0.3) is 0 Å². The molecule has 0 bridgehead atoms. The number of hydrogen-bond donors (Lipinski definition) is 3. The average Bonchev–Trinajstić information content (AvgIpc) is 1.84. The number of rotatable bonds is 0. The van der Waals surface area contributed by atoms with Crippen LogP contribution in [0.2, 0.25) is 0 Å². The Labute approximate surface area is 76.5 Å². The van der Waals surface area contributed by atoms with Crippen LogP contribution in [0.5, 0.6) is 0 Å². The zero-order valence-electron chi connectivity index (χ0n) is 5.76. The molecule has 0 saturated heterocycles.